The van der Waals surface area contributed by atoms with Crippen molar-refractivity contribution in [1.29, 1.82) is 0 Å². The Hall–Kier alpha value is -1.63. The first kappa shape index (κ1) is 14.4. The summed E-state index contributed by atoms with van der Waals surface area (Å²) in [7, 11) is 0. The molecule has 0 amide bonds. The highest BCUT2D eigenvalue weighted by atomic mass is 16.5. The fourth-order valence-corrected chi connectivity index (χ4v) is 1.35. The molecule has 1 aromatic rings. The van der Waals surface area contributed by atoms with Gasteiger partial charge in [-0.1, -0.05) is 36.3 Å². The van der Waals surface area contributed by atoms with E-state index in [1.807, 2.05) is 30.3 Å². The molecule has 0 aliphatic heterocycles. The second kappa shape index (κ2) is 9.41. The van der Waals surface area contributed by atoms with Crippen LogP contribution in [0.4, 0.5) is 0 Å². The maximum Gasteiger partial charge on any atom is 0.205 e. The summed E-state index contributed by atoms with van der Waals surface area (Å²) >= 11 is 0. The Morgan fingerprint density at radius 2 is 2.06 bits per heavy atom. The predicted molar refractivity (Wildman–Crippen MR) is 69.8 cm³/mol. The zero-order chi connectivity index (χ0) is 13.1. The molecule has 0 aliphatic rings. The molecule has 0 heterocycles. The quantitative estimate of drug-likeness (QED) is 0.454. The molecular weight excluding hydrogens is 228 g/mol. The fourth-order valence-electron chi connectivity index (χ4n) is 1.35. The summed E-state index contributed by atoms with van der Waals surface area (Å²) in [5.41, 5.74) is 1.13. The normalized spacial score (nSPS) is 9.61. The van der Waals surface area contributed by atoms with Crippen molar-refractivity contribution in [2.75, 3.05) is 13.2 Å². The second-order valence-electron chi connectivity index (χ2n) is 3.84. The van der Waals surface area contributed by atoms with Crippen LogP contribution in [-0.4, -0.2) is 24.1 Å². The fraction of sp³-hybridized carbons (Fsp3) is 0.400. The molecule has 1 N–H and O–H groups in total. The topological polar surface area (TPSA) is 46.5 Å². The summed E-state index contributed by atoms with van der Waals surface area (Å²) < 4.78 is 5.43. The number of hydrogen-bond acceptors (Lipinski definition) is 3. The Bertz CT molecular complexity index is 401. The zero-order valence-electron chi connectivity index (χ0n) is 10.4. The zero-order valence-corrected chi connectivity index (χ0v) is 10.4. The van der Waals surface area contributed by atoms with Gasteiger partial charge in [0.1, 0.15) is 0 Å². The Balaban J connectivity index is 2.08. The van der Waals surface area contributed by atoms with Gasteiger partial charge in [0.25, 0.3) is 0 Å². The molecule has 0 fully saturated rings. The molecule has 0 spiro atoms. The molecule has 0 aliphatic carbocycles. The van der Waals surface area contributed by atoms with Crippen LogP contribution in [-0.2, 0) is 16.1 Å². The molecular formula is C15H18O3. The first-order valence-electron chi connectivity index (χ1n) is 6.07. The standard InChI is InChI=1S/C15H18O3/c16-11-6-10-15(17)9-4-5-12-18-13-14-7-2-1-3-8-14/h1-3,7-8,16H,5-6,10-13H2. The van der Waals surface area contributed by atoms with Gasteiger partial charge in [-0.3, -0.25) is 4.79 Å². The molecule has 0 atom stereocenters. The highest BCUT2D eigenvalue weighted by Gasteiger charge is 1.94. The second-order valence-corrected chi connectivity index (χ2v) is 3.84. The molecule has 1 rings (SSSR count). The molecule has 0 aromatic heterocycles. The van der Waals surface area contributed by atoms with E-state index in [-0.39, 0.29) is 12.4 Å². The Kier molecular flexibility index (Phi) is 7.54. The predicted octanol–water partition coefficient (Wildman–Crippen LogP) is 1.94. The number of ether oxygens (including phenoxy) is 1. The average Bonchev–Trinajstić information content (AvgIpc) is 2.41. The van der Waals surface area contributed by atoms with Crippen molar-refractivity contribution in [1.82, 2.24) is 0 Å². The third kappa shape index (κ3) is 6.85. The minimum absolute atomic E-state index is 0.0353. The highest BCUT2D eigenvalue weighted by molar-refractivity contribution is 5.95. The number of Topliss-reactive ketones (excluding diaryl/α,β-unsaturated/α-hetero) is 1. The van der Waals surface area contributed by atoms with E-state index in [2.05, 4.69) is 11.8 Å². The number of carbonyl (C=O) groups is 1. The van der Waals surface area contributed by atoms with Crippen LogP contribution in [0.15, 0.2) is 30.3 Å². The summed E-state index contributed by atoms with van der Waals surface area (Å²) in [6.07, 6.45) is 1.37. The SMILES string of the molecule is O=C(C#CCCOCc1ccccc1)CCCO. The van der Waals surface area contributed by atoms with E-state index in [9.17, 15) is 4.79 Å². The van der Waals surface area contributed by atoms with E-state index < -0.39 is 0 Å². The maximum absolute atomic E-state index is 11.1. The van der Waals surface area contributed by atoms with Gasteiger partial charge in [0.2, 0.25) is 5.78 Å². The van der Waals surface area contributed by atoms with Crippen LogP contribution in [0.5, 0.6) is 0 Å². The van der Waals surface area contributed by atoms with Gasteiger partial charge >= 0.3 is 0 Å². The molecule has 0 bridgehead atoms. The molecule has 0 saturated carbocycles. The Morgan fingerprint density at radius 1 is 1.28 bits per heavy atom. The molecule has 0 radical (unpaired) electrons. The van der Waals surface area contributed by atoms with Crippen LogP contribution in [0.3, 0.4) is 0 Å². The van der Waals surface area contributed by atoms with Crippen LogP contribution in [0, 0.1) is 11.8 Å². The van der Waals surface area contributed by atoms with Crippen molar-refractivity contribution in [2.24, 2.45) is 0 Å². The third-order valence-electron chi connectivity index (χ3n) is 2.27. The van der Waals surface area contributed by atoms with Crippen LogP contribution in [0.25, 0.3) is 0 Å². The van der Waals surface area contributed by atoms with Crippen LogP contribution in [0.1, 0.15) is 24.8 Å². The number of hydrogen-bond donors (Lipinski definition) is 1. The van der Waals surface area contributed by atoms with E-state index in [1.165, 1.54) is 0 Å². The van der Waals surface area contributed by atoms with Crippen molar-refractivity contribution in [3.8, 4) is 11.8 Å². The smallest absolute Gasteiger partial charge is 0.205 e. The summed E-state index contributed by atoms with van der Waals surface area (Å²) in [4.78, 5) is 11.1. The van der Waals surface area contributed by atoms with E-state index in [0.717, 1.165) is 5.56 Å². The number of carbonyl (C=O) groups excluding carboxylic acids is 1. The van der Waals surface area contributed by atoms with Gasteiger partial charge in [-0.25, -0.2) is 0 Å². The molecule has 96 valence electrons. The third-order valence-corrected chi connectivity index (χ3v) is 2.27. The summed E-state index contributed by atoms with van der Waals surface area (Å²) in [6, 6.07) is 9.91. The first-order valence-corrected chi connectivity index (χ1v) is 6.07. The largest absolute Gasteiger partial charge is 0.396 e. The molecule has 18 heavy (non-hydrogen) atoms. The van der Waals surface area contributed by atoms with Crippen LogP contribution in [0.2, 0.25) is 0 Å². The number of rotatable bonds is 7. The minimum atomic E-state index is -0.118. The van der Waals surface area contributed by atoms with E-state index in [0.29, 0.717) is 32.5 Å². The van der Waals surface area contributed by atoms with Crippen molar-refractivity contribution >= 4 is 5.78 Å². The van der Waals surface area contributed by atoms with Gasteiger partial charge in [-0.2, -0.15) is 0 Å². The molecule has 3 heteroatoms. The number of ketones is 1. The lowest BCUT2D eigenvalue weighted by atomic mass is 10.2. The molecule has 0 unspecified atom stereocenters. The highest BCUT2D eigenvalue weighted by Crippen LogP contribution is 2.00. The van der Waals surface area contributed by atoms with Crippen LogP contribution >= 0.6 is 0 Å². The van der Waals surface area contributed by atoms with Crippen molar-refractivity contribution in [3.63, 3.8) is 0 Å². The lowest BCUT2D eigenvalue weighted by Crippen LogP contribution is -1.96. The number of aliphatic hydroxyl groups excluding tert-OH is 1. The van der Waals surface area contributed by atoms with Gasteiger partial charge in [0.05, 0.1) is 13.2 Å². The minimum Gasteiger partial charge on any atom is -0.396 e. The monoisotopic (exact) mass is 246 g/mol. The molecule has 0 saturated heterocycles. The summed E-state index contributed by atoms with van der Waals surface area (Å²) in [6.45, 7) is 1.13. The van der Waals surface area contributed by atoms with E-state index in [4.69, 9.17) is 9.84 Å². The van der Waals surface area contributed by atoms with E-state index in [1.54, 1.807) is 0 Å². The Labute approximate surface area is 108 Å². The number of benzene rings is 1. The molecule has 1 aromatic carbocycles. The average molecular weight is 246 g/mol. The van der Waals surface area contributed by atoms with Gasteiger partial charge < -0.3 is 9.84 Å². The van der Waals surface area contributed by atoms with Gasteiger partial charge in [-0.15, -0.1) is 0 Å². The van der Waals surface area contributed by atoms with Crippen LogP contribution < -0.4 is 0 Å². The molecule has 3 nitrogen and oxygen atoms in total. The number of aliphatic hydroxyl groups is 1. The summed E-state index contributed by atoms with van der Waals surface area (Å²) in [5.74, 6) is 5.19. The van der Waals surface area contributed by atoms with Crippen molar-refractivity contribution in [2.45, 2.75) is 25.9 Å². The van der Waals surface area contributed by atoms with Crippen molar-refractivity contribution in [3.05, 3.63) is 35.9 Å². The lowest BCUT2D eigenvalue weighted by molar-refractivity contribution is -0.114. The van der Waals surface area contributed by atoms with Crippen molar-refractivity contribution < 1.29 is 14.6 Å². The first-order chi connectivity index (χ1) is 8.83. The maximum atomic E-state index is 11.1. The summed E-state index contributed by atoms with van der Waals surface area (Å²) in [5, 5.41) is 8.54. The van der Waals surface area contributed by atoms with Gasteiger partial charge in [0.15, 0.2) is 0 Å². The van der Waals surface area contributed by atoms with E-state index >= 15 is 0 Å². The van der Waals surface area contributed by atoms with Gasteiger partial charge in [-0.05, 0) is 17.9 Å². The lowest BCUT2D eigenvalue weighted by Gasteiger charge is -2.00. The van der Waals surface area contributed by atoms with Gasteiger partial charge in [0, 0.05) is 19.4 Å². The Morgan fingerprint density at radius 3 is 2.78 bits per heavy atom.